The molecule has 1 heterocycles. The van der Waals surface area contributed by atoms with Crippen molar-refractivity contribution in [3.63, 3.8) is 0 Å². The van der Waals surface area contributed by atoms with Crippen LogP contribution in [0.4, 0.5) is 0 Å². The van der Waals surface area contributed by atoms with E-state index in [1.54, 1.807) is 25.6 Å². The number of thioether (sulfide) groups is 1. The Balaban J connectivity index is 2.62. The smallest absolute Gasteiger partial charge is 0.344 e. The summed E-state index contributed by atoms with van der Waals surface area (Å²) in [7, 11) is 1.21. The number of nitrogens with one attached hydrogen (secondary N) is 1. The molecule has 0 aromatic heterocycles. The number of likely N-dealkylation sites (tertiary alicyclic amines) is 1. The number of esters is 3. The van der Waals surface area contributed by atoms with Gasteiger partial charge in [-0.15, -0.1) is 0 Å². The molecule has 0 radical (unpaired) electrons. The third-order valence-corrected chi connectivity index (χ3v) is 6.58. The second-order valence-electron chi connectivity index (χ2n) is 8.06. The first-order valence-corrected chi connectivity index (χ1v) is 13.0. The molecular weight excluding hydrogens is 448 g/mol. The highest BCUT2D eigenvalue weighted by Gasteiger charge is 2.38. The monoisotopic (exact) mass is 488 g/mol. The minimum atomic E-state index is -0.745. The van der Waals surface area contributed by atoms with Crippen molar-refractivity contribution in [2.75, 3.05) is 38.4 Å². The van der Waals surface area contributed by atoms with Crippen molar-refractivity contribution in [3.8, 4) is 0 Å². The van der Waals surface area contributed by atoms with Crippen LogP contribution in [0.2, 0.25) is 0 Å². The number of carbonyl (C=O) groups excluding carboxylic acids is 4. The summed E-state index contributed by atoms with van der Waals surface area (Å²) in [5, 5.41) is 3.10. The Hall–Kier alpha value is -1.81. The number of ether oxygens (including phenoxy) is 3. The van der Waals surface area contributed by atoms with E-state index >= 15 is 0 Å². The molecule has 1 aliphatic rings. The Morgan fingerprint density at radius 2 is 1.82 bits per heavy atom. The van der Waals surface area contributed by atoms with E-state index in [2.05, 4.69) is 17.0 Å². The fraction of sp³-hybridized carbons (Fsp3) is 0.826. The first-order chi connectivity index (χ1) is 15.8. The molecule has 1 rings (SSSR count). The van der Waals surface area contributed by atoms with Crippen molar-refractivity contribution in [2.24, 2.45) is 0 Å². The maximum atomic E-state index is 13.1. The van der Waals surface area contributed by atoms with E-state index in [0.29, 0.717) is 25.1 Å². The fourth-order valence-electron chi connectivity index (χ4n) is 3.62. The number of carbonyl (C=O) groups is 4. The standard InChI is InChI=1S/C23H40N2O7S/c1-5-7-8-9-10-14-33-16-18(22(28)31-6-2)24-17(3)21(27)25-13-11-12-19(25)23(29)32-15-20(26)30-4/h17-19,24H,5-16H2,1-4H3/t17?,18-,19-/m0/s1. The molecule has 190 valence electrons. The summed E-state index contributed by atoms with van der Waals surface area (Å²) in [4.78, 5) is 50.5. The van der Waals surface area contributed by atoms with Crippen molar-refractivity contribution in [1.82, 2.24) is 10.2 Å². The van der Waals surface area contributed by atoms with Gasteiger partial charge in [-0.05, 0) is 38.9 Å². The normalized spacial score (nSPS) is 17.3. The van der Waals surface area contributed by atoms with Gasteiger partial charge < -0.3 is 19.1 Å². The van der Waals surface area contributed by atoms with Crippen LogP contribution in [0.5, 0.6) is 0 Å². The molecule has 3 atom stereocenters. The number of methoxy groups -OCH3 is 1. The number of hydrogen-bond donors (Lipinski definition) is 1. The highest BCUT2D eigenvalue weighted by molar-refractivity contribution is 7.99. The molecule has 1 N–H and O–H groups in total. The van der Waals surface area contributed by atoms with Gasteiger partial charge in [0.25, 0.3) is 0 Å². The average Bonchev–Trinajstić information content (AvgIpc) is 3.30. The lowest BCUT2D eigenvalue weighted by Gasteiger charge is -2.28. The third-order valence-electron chi connectivity index (χ3n) is 5.44. The van der Waals surface area contributed by atoms with E-state index in [4.69, 9.17) is 9.47 Å². The van der Waals surface area contributed by atoms with Gasteiger partial charge in [0.2, 0.25) is 5.91 Å². The van der Waals surface area contributed by atoms with Gasteiger partial charge in [-0.1, -0.05) is 32.6 Å². The van der Waals surface area contributed by atoms with Crippen LogP contribution in [-0.2, 0) is 33.4 Å². The lowest BCUT2D eigenvalue weighted by Crippen LogP contribution is -2.54. The predicted molar refractivity (Wildman–Crippen MR) is 127 cm³/mol. The van der Waals surface area contributed by atoms with Crippen LogP contribution in [0.25, 0.3) is 0 Å². The summed E-state index contributed by atoms with van der Waals surface area (Å²) in [6, 6.07) is -2.04. The Morgan fingerprint density at radius 3 is 2.48 bits per heavy atom. The molecule has 1 aliphatic heterocycles. The van der Waals surface area contributed by atoms with E-state index in [0.717, 1.165) is 12.2 Å². The van der Waals surface area contributed by atoms with Crippen LogP contribution in [0.3, 0.4) is 0 Å². The quantitative estimate of drug-likeness (QED) is 0.199. The van der Waals surface area contributed by atoms with Gasteiger partial charge in [0, 0.05) is 12.3 Å². The van der Waals surface area contributed by atoms with Gasteiger partial charge in [-0.25, -0.2) is 9.59 Å². The van der Waals surface area contributed by atoms with Crippen molar-refractivity contribution in [1.29, 1.82) is 0 Å². The number of unbranched alkanes of at least 4 members (excludes halogenated alkanes) is 4. The Labute approximate surface area is 201 Å². The average molecular weight is 489 g/mol. The van der Waals surface area contributed by atoms with Gasteiger partial charge in [-0.2, -0.15) is 11.8 Å². The fourth-order valence-corrected chi connectivity index (χ4v) is 4.66. The summed E-state index contributed by atoms with van der Waals surface area (Å²) in [6.45, 7) is 5.81. The van der Waals surface area contributed by atoms with Gasteiger partial charge in [0.1, 0.15) is 12.1 Å². The maximum absolute atomic E-state index is 13.1. The Bertz CT molecular complexity index is 632. The van der Waals surface area contributed by atoms with E-state index in [1.807, 2.05) is 0 Å². The van der Waals surface area contributed by atoms with Gasteiger partial charge in [0.05, 0.1) is 19.8 Å². The highest BCUT2D eigenvalue weighted by atomic mass is 32.2. The summed E-state index contributed by atoms with van der Waals surface area (Å²) >= 11 is 1.67. The molecule has 10 heteroatoms. The number of rotatable bonds is 16. The van der Waals surface area contributed by atoms with E-state index in [1.165, 1.54) is 37.7 Å². The zero-order valence-electron chi connectivity index (χ0n) is 20.4. The largest absolute Gasteiger partial charge is 0.466 e. The lowest BCUT2D eigenvalue weighted by molar-refractivity contribution is -0.161. The molecule has 0 saturated carbocycles. The molecule has 1 unspecified atom stereocenters. The molecule has 1 amide bonds. The summed E-state index contributed by atoms with van der Waals surface area (Å²) in [5.41, 5.74) is 0. The molecular formula is C23H40N2O7S. The van der Waals surface area contributed by atoms with E-state index in [-0.39, 0.29) is 18.5 Å². The van der Waals surface area contributed by atoms with Crippen LogP contribution >= 0.6 is 11.8 Å². The molecule has 0 aromatic rings. The van der Waals surface area contributed by atoms with E-state index in [9.17, 15) is 19.2 Å². The van der Waals surface area contributed by atoms with Gasteiger partial charge in [0.15, 0.2) is 6.61 Å². The molecule has 0 spiro atoms. The minimum Gasteiger partial charge on any atom is -0.466 e. The Morgan fingerprint density at radius 1 is 1.09 bits per heavy atom. The van der Waals surface area contributed by atoms with Crippen LogP contribution < -0.4 is 5.32 Å². The first-order valence-electron chi connectivity index (χ1n) is 11.9. The van der Waals surface area contributed by atoms with E-state index < -0.39 is 36.7 Å². The summed E-state index contributed by atoms with van der Waals surface area (Å²) in [6.07, 6.45) is 7.06. The lowest BCUT2D eigenvalue weighted by atomic mass is 10.2. The van der Waals surface area contributed by atoms with Crippen molar-refractivity contribution in [3.05, 3.63) is 0 Å². The van der Waals surface area contributed by atoms with Gasteiger partial charge >= 0.3 is 17.9 Å². The minimum absolute atomic E-state index is 0.265. The highest BCUT2D eigenvalue weighted by Crippen LogP contribution is 2.20. The molecule has 33 heavy (non-hydrogen) atoms. The van der Waals surface area contributed by atoms with Crippen LogP contribution in [0.1, 0.15) is 65.7 Å². The van der Waals surface area contributed by atoms with Gasteiger partial charge in [-0.3, -0.25) is 14.9 Å². The van der Waals surface area contributed by atoms with Crippen molar-refractivity contribution < 1.29 is 33.4 Å². The molecule has 0 aromatic carbocycles. The molecule has 9 nitrogen and oxygen atoms in total. The first kappa shape index (κ1) is 29.2. The summed E-state index contributed by atoms with van der Waals surface area (Å²) < 4.78 is 14.6. The van der Waals surface area contributed by atoms with Crippen molar-refractivity contribution >= 4 is 35.6 Å². The topological polar surface area (TPSA) is 111 Å². The van der Waals surface area contributed by atoms with Crippen LogP contribution in [0.15, 0.2) is 0 Å². The second-order valence-corrected chi connectivity index (χ2v) is 9.21. The van der Waals surface area contributed by atoms with Crippen molar-refractivity contribution in [2.45, 2.75) is 83.8 Å². The number of nitrogens with zero attached hydrogens (tertiary/aromatic N) is 1. The molecule has 0 aliphatic carbocycles. The summed E-state index contributed by atoms with van der Waals surface area (Å²) in [5.74, 6) is -0.496. The number of hydrogen-bond acceptors (Lipinski definition) is 9. The third kappa shape index (κ3) is 10.8. The maximum Gasteiger partial charge on any atom is 0.344 e. The zero-order chi connectivity index (χ0) is 24.6. The predicted octanol–water partition coefficient (Wildman–Crippen LogP) is 2.31. The second kappa shape index (κ2) is 16.7. The Kier molecular flexibility index (Phi) is 14.8. The molecule has 1 saturated heterocycles. The molecule has 1 fully saturated rings. The SMILES string of the molecule is CCCCCCCSC[C@H](NC(C)C(=O)N1CCC[C@H]1C(=O)OCC(=O)OC)C(=O)OCC. The number of amides is 1. The van der Waals surface area contributed by atoms with Crippen LogP contribution in [0, 0.1) is 0 Å². The molecule has 0 bridgehead atoms. The zero-order valence-corrected chi connectivity index (χ0v) is 21.2. The van der Waals surface area contributed by atoms with Crippen LogP contribution in [-0.4, -0.2) is 85.2 Å².